The monoisotopic (exact) mass is 313 g/mol. The van der Waals surface area contributed by atoms with Crippen LogP contribution in [-0.4, -0.2) is 42.1 Å². The molecule has 0 saturated carbocycles. The number of benzene rings is 1. The summed E-state index contributed by atoms with van der Waals surface area (Å²) in [6, 6.07) is 12.5. The average Bonchev–Trinajstić information content (AvgIpc) is 2.52. The third-order valence-corrected chi connectivity index (χ3v) is 3.59. The third-order valence-electron chi connectivity index (χ3n) is 3.59. The molecule has 0 amide bonds. The minimum atomic E-state index is 0.166. The Kier molecular flexibility index (Phi) is 6.35. The fraction of sp³-hybridized carbons (Fsp3) is 0.444. The Balaban J connectivity index is 1.97. The molecule has 2 N–H and O–H groups in total. The molecule has 0 spiro atoms. The van der Waals surface area contributed by atoms with Gasteiger partial charge in [-0.1, -0.05) is 30.3 Å². The van der Waals surface area contributed by atoms with Gasteiger partial charge in [-0.3, -0.25) is 0 Å². The smallest absolute Gasteiger partial charge is 0.225 e. The summed E-state index contributed by atoms with van der Waals surface area (Å²) < 4.78 is 0. The van der Waals surface area contributed by atoms with Crippen LogP contribution in [0.4, 0.5) is 11.8 Å². The number of hydrogen-bond acceptors (Lipinski definition) is 5. The largest absolute Gasteiger partial charge is 0.370 e. The second-order valence-corrected chi connectivity index (χ2v) is 6.08. The van der Waals surface area contributed by atoms with Crippen molar-refractivity contribution in [3.8, 4) is 0 Å². The minimum Gasteiger partial charge on any atom is -0.370 e. The van der Waals surface area contributed by atoms with Gasteiger partial charge in [-0.05, 0) is 46.5 Å². The molecule has 0 saturated heterocycles. The van der Waals surface area contributed by atoms with Crippen molar-refractivity contribution in [3.05, 3.63) is 47.7 Å². The highest BCUT2D eigenvalue weighted by Gasteiger charge is 2.08. The number of hydrogen-bond donors (Lipinski definition) is 2. The second kappa shape index (κ2) is 8.48. The number of nitrogens with zero attached hydrogens (tertiary/aromatic N) is 3. The summed E-state index contributed by atoms with van der Waals surface area (Å²) in [4.78, 5) is 11.2. The second-order valence-electron chi connectivity index (χ2n) is 6.08. The third kappa shape index (κ3) is 5.87. The van der Waals surface area contributed by atoms with E-state index in [0.29, 0.717) is 5.95 Å². The first-order chi connectivity index (χ1) is 11.0. The minimum absolute atomic E-state index is 0.166. The molecule has 0 radical (unpaired) electrons. The van der Waals surface area contributed by atoms with Crippen LogP contribution < -0.4 is 10.6 Å². The van der Waals surface area contributed by atoms with E-state index in [1.807, 2.05) is 31.2 Å². The standard InChI is InChI=1S/C18H27N5/c1-14-13-17(19-11-8-12-23(3)4)22-18(20-14)21-15(2)16-9-6-5-7-10-16/h5-7,9-10,13,15H,8,11-12H2,1-4H3,(H2,19,20,21,22). The van der Waals surface area contributed by atoms with Gasteiger partial charge in [-0.25, -0.2) is 4.98 Å². The fourth-order valence-corrected chi connectivity index (χ4v) is 2.35. The van der Waals surface area contributed by atoms with Gasteiger partial charge in [-0.2, -0.15) is 4.98 Å². The van der Waals surface area contributed by atoms with Crippen molar-refractivity contribution in [2.24, 2.45) is 0 Å². The van der Waals surface area contributed by atoms with Crippen LogP contribution in [0.2, 0.25) is 0 Å². The Hall–Kier alpha value is -2.14. The molecule has 0 bridgehead atoms. The van der Waals surface area contributed by atoms with Crippen molar-refractivity contribution in [1.82, 2.24) is 14.9 Å². The molecule has 124 valence electrons. The zero-order valence-electron chi connectivity index (χ0n) is 14.5. The molecule has 1 unspecified atom stereocenters. The Labute approximate surface area is 139 Å². The molecule has 1 aromatic carbocycles. The van der Waals surface area contributed by atoms with Crippen molar-refractivity contribution >= 4 is 11.8 Å². The molecule has 1 atom stereocenters. The van der Waals surface area contributed by atoms with E-state index in [9.17, 15) is 0 Å². The van der Waals surface area contributed by atoms with E-state index in [-0.39, 0.29) is 6.04 Å². The molecule has 5 heteroatoms. The molecular weight excluding hydrogens is 286 g/mol. The normalized spacial score (nSPS) is 12.2. The van der Waals surface area contributed by atoms with E-state index >= 15 is 0 Å². The number of aromatic nitrogens is 2. The summed E-state index contributed by atoms with van der Waals surface area (Å²) in [6.45, 7) is 6.08. The van der Waals surface area contributed by atoms with Gasteiger partial charge >= 0.3 is 0 Å². The summed E-state index contributed by atoms with van der Waals surface area (Å²) in [5.41, 5.74) is 2.18. The number of aryl methyl sites for hydroxylation is 1. The topological polar surface area (TPSA) is 53.1 Å². The quantitative estimate of drug-likeness (QED) is 0.732. The molecule has 1 heterocycles. The lowest BCUT2D eigenvalue weighted by atomic mass is 10.1. The van der Waals surface area contributed by atoms with Gasteiger partial charge in [0.25, 0.3) is 0 Å². The number of rotatable bonds is 8. The summed E-state index contributed by atoms with van der Waals surface area (Å²) in [6.07, 6.45) is 1.08. The van der Waals surface area contributed by atoms with Gasteiger partial charge in [0.05, 0.1) is 6.04 Å². The average molecular weight is 313 g/mol. The van der Waals surface area contributed by atoms with Gasteiger partial charge < -0.3 is 15.5 Å². The van der Waals surface area contributed by atoms with Crippen LogP contribution in [-0.2, 0) is 0 Å². The highest BCUT2D eigenvalue weighted by molar-refractivity contribution is 5.43. The Morgan fingerprint density at radius 3 is 2.57 bits per heavy atom. The summed E-state index contributed by atoms with van der Waals surface area (Å²) >= 11 is 0. The number of nitrogens with one attached hydrogen (secondary N) is 2. The van der Waals surface area contributed by atoms with Crippen LogP contribution in [0.3, 0.4) is 0 Å². The summed E-state index contributed by atoms with van der Waals surface area (Å²) in [7, 11) is 4.17. The molecule has 0 aliphatic carbocycles. The zero-order valence-corrected chi connectivity index (χ0v) is 14.5. The molecule has 1 aromatic heterocycles. The molecular formula is C18H27N5. The van der Waals surface area contributed by atoms with Crippen molar-refractivity contribution in [3.63, 3.8) is 0 Å². The van der Waals surface area contributed by atoms with Crippen LogP contribution >= 0.6 is 0 Å². The number of anilines is 2. The highest BCUT2D eigenvalue weighted by Crippen LogP contribution is 2.18. The van der Waals surface area contributed by atoms with E-state index in [1.54, 1.807) is 0 Å². The van der Waals surface area contributed by atoms with Crippen molar-refractivity contribution in [2.45, 2.75) is 26.3 Å². The van der Waals surface area contributed by atoms with E-state index in [4.69, 9.17) is 0 Å². The lowest BCUT2D eigenvalue weighted by Crippen LogP contribution is -2.17. The van der Waals surface area contributed by atoms with E-state index in [0.717, 1.165) is 31.0 Å². The van der Waals surface area contributed by atoms with Gasteiger partial charge in [-0.15, -0.1) is 0 Å². The van der Waals surface area contributed by atoms with E-state index < -0.39 is 0 Å². The van der Waals surface area contributed by atoms with Crippen LogP contribution in [0.1, 0.15) is 30.6 Å². The molecule has 2 aromatic rings. The van der Waals surface area contributed by atoms with Gasteiger partial charge in [0, 0.05) is 18.3 Å². The maximum Gasteiger partial charge on any atom is 0.225 e. The fourth-order valence-electron chi connectivity index (χ4n) is 2.35. The zero-order chi connectivity index (χ0) is 16.7. The van der Waals surface area contributed by atoms with Gasteiger partial charge in [0.15, 0.2) is 0 Å². The Bertz CT molecular complexity index is 598. The summed E-state index contributed by atoms with van der Waals surface area (Å²) in [5.74, 6) is 1.54. The van der Waals surface area contributed by atoms with Gasteiger partial charge in [0.2, 0.25) is 5.95 Å². The Morgan fingerprint density at radius 2 is 1.87 bits per heavy atom. The van der Waals surface area contributed by atoms with Gasteiger partial charge in [0.1, 0.15) is 5.82 Å². The van der Waals surface area contributed by atoms with Crippen molar-refractivity contribution in [2.75, 3.05) is 37.8 Å². The molecule has 5 nitrogen and oxygen atoms in total. The van der Waals surface area contributed by atoms with Crippen LogP contribution in [0.15, 0.2) is 36.4 Å². The molecule has 23 heavy (non-hydrogen) atoms. The SMILES string of the molecule is Cc1cc(NCCCN(C)C)nc(NC(C)c2ccccc2)n1. The molecule has 0 aliphatic heterocycles. The highest BCUT2D eigenvalue weighted by atomic mass is 15.2. The van der Waals surface area contributed by atoms with Crippen LogP contribution in [0.5, 0.6) is 0 Å². The summed E-state index contributed by atoms with van der Waals surface area (Å²) in [5, 5.41) is 6.75. The first-order valence-corrected chi connectivity index (χ1v) is 8.10. The molecule has 0 aliphatic rings. The first kappa shape index (κ1) is 17.2. The van der Waals surface area contributed by atoms with Crippen molar-refractivity contribution in [1.29, 1.82) is 0 Å². The van der Waals surface area contributed by atoms with Crippen molar-refractivity contribution < 1.29 is 0 Å². The maximum absolute atomic E-state index is 4.57. The lowest BCUT2D eigenvalue weighted by molar-refractivity contribution is 0.405. The predicted octanol–water partition coefficient (Wildman–Crippen LogP) is 3.32. The van der Waals surface area contributed by atoms with Crippen LogP contribution in [0.25, 0.3) is 0 Å². The van der Waals surface area contributed by atoms with E-state index in [1.165, 1.54) is 5.56 Å². The maximum atomic E-state index is 4.57. The Morgan fingerprint density at radius 1 is 1.13 bits per heavy atom. The lowest BCUT2D eigenvalue weighted by Gasteiger charge is -2.16. The molecule has 0 fully saturated rings. The van der Waals surface area contributed by atoms with Crippen LogP contribution in [0, 0.1) is 6.92 Å². The molecule has 2 rings (SSSR count). The first-order valence-electron chi connectivity index (χ1n) is 8.10. The van der Waals surface area contributed by atoms with E-state index in [2.05, 4.69) is 58.7 Å². The predicted molar refractivity (Wildman–Crippen MR) is 96.9 cm³/mol.